The lowest BCUT2D eigenvalue weighted by Crippen LogP contribution is -2.18. The van der Waals surface area contributed by atoms with Gasteiger partial charge in [0.15, 0.2) is 17.5 Å². The zero-order valence-corrected chi connectivity index (χ0v) is 33.1. The zero-order chi connectivity index (χ0) is 38.9. The molecule has 9 aromatic rings. The standard InChI is InChI=1S/C49H36N6S2/c1-5-16-37(55-41-23-14-12-21-38(41)39-30-36(26-27-42(39)55)49-51-40-22-13-15-24-44(40)57-49)29-32(3)48-50-33(4)43(56-48)28-25-31(2)45-52-46(34-17-8-6-9-18-34)54-47(53-45)35-19-10-7-11-20-35/h5-30H,3-4H2,1-2H3/b16-5-,31-25+,37-29+,43-28+. The topological polar surface area (TPSA) is 69.4 Å². The summed E-state index contributed by atoms with van der Waals surface area (Å²) in [6, 6.07) is 43.5. The summed E-state index contributed by atoms with van der Waals surface area (Å²) in [6.07, 6.45) is 10.3. The van der Waals surface area contributed by atoms with Crippen molar-refractivity contribution < 1.29 is 0 Å². The van der Waals surface area contributed by atoms with Crippen molar-refractivity contribution in [1.82, 2.24) is 29.5 Å². The van der Waals surface area contributed by atoms with Crippen LogP contribution < -0.4 is 9.88 Å². The molecule has 0 aliphatic carbocycles. The molecule has 0 radical (unpaired) electrons. The average Bonchev–Trinajstić information content (AvgIpc) is 3.96. The van der Waals surface area contributed by atoms with E-state index in [2.05, 4.69) is 96.6 Å². The highest BCUT2D eigenvalue weighted by Gasteiger charge is 2.16. The number of aromatic nitrogens is 6. The van der Waals surface area contributed by atoms with Gasteiger partial charge in [0.05, 0.1) is 31.1 Å². The molecule has 0 N–H and O–H groups in total. The molecular weight excluding hydrogens is 737 g/mol. The summed E-state index contributed by atoms with van der Waals surface area (Å²) in [5, 5.41) is 4.85. The van der Waals surface area contributed by atoms with Gasteiger partial charge in [-0.3, -0.25) is 0 Å². The van der Waals surface area contributed by atoms with Crippen molar-refractivity contribution in [3.05, 3.63) is 179 Å². The van der Waals surface area contributed by atoms with E-state index in [1.165, 1.54) is 15.5 Å². The summed E-state index contributed by atoms with van der Waals surface area (Å²) in [4.78, 5) is 24.4. The highest BCUT2D eigenvalue weighted by atomic mass is 32.1. The number of nitrogens with zero attached hydrogens (tertiary/aromatic N) is 6. The molecule has 274 valence electrons. The third-order valence-electron chi connectivity index (χ3n) is 9.67. The van der Waals surface area contributed by atoms with E-state index in [-0.39, 0.29) is 0 Å². The lowest BCUT2D eigenvalue weighted by atomic mass is 10.1. The Morgan fingerprint density at radius 1 is 0.667 bits per heavy atom. The van der Waals surface area contributed by atoms with Gasteiger partial charge < -0.3 is 4.57 Å². The Labute approximate surface area is 338 Å². The van der Waals surface area contributed by atoms with E-state index in [9.17, 15) is 0 Å². The fourth-order valence-electron chi connectivity index (χ4n) is 6.87. The Balaban J connectivity index is 1.07. The molecule has 6 nitrogen and oxygen atoms in total. The molecule has 9 rings (SSSR count). The summed E-state index contributed by atoms with van der Waals surface area (Å²) in [6.45, 7) is 12.8. The first-order chi connectivity index (χ1) is 27.9. The predicted molar refractivity (Wildman–Crippen MR) is 242 cm³/mol. The number of benzene rings is 5. The number of thiazole rings is 2. The van der Waals surface area contributed by atoms with E-state index in [1.54, 1.807) is 22.7 Å². The summed E-state index contributed by atoms with van der Waals surface area (Å²) >= 11 is 3.28. The molecule has 0 amide bonds. The van der Waals surface area contributed by atoms with Crippen molar-refractivity contribution in [2.24, 2.45) is 0 Å². The van der Waals surface area contributed by atoms with E-state index in [0.29, 0.717) is 22.8 Å². The van der Waals surface area contributed by atoms with Crippen LogP contribution in [0.4, 0.5) is 0 Å². The highest BCUT2D eigenvalue weighted by Crippen LogP contribution is 2.37. The van der Waals surface area contributed by atoms with Gasteiger partial charge >= 0.3 is 0 Å². The van der Waals surface area contributed by atoms with E-state index >= 15 is 0 Å². The molecule has 0 aliphatic heterocycles. The first-order valence-electron chi connectivity index (χ1n) is 18.6. The molecule has 4 aromatic heterocycles. The highest BCUT2D eigenvalue weighted by molar-refractivity contribution is 7.21. The van der Waals surface area contributed by atoms with Gasteiger partial charge in [-0.1, -0.05) is 116 Å². The molecule has 0 unspecified atom stereocenters. The maximum Gasteiger partial charge on any atom is 0.164 e. The quantitative estimate of drug-likeness (QED) is 0.137. The SMILES string of the molecule is C=C(/C=C(\C=C/C)n1c2ccccc2c2cc(-c3nc4ccccc4s3)ccc21)c1nc(=C)/c(=C\C=C(/C)c2nc(-c3ccccc3)nc(-c3ccccc3)n2)s1. The molecular formula is C49H36N6S2. The fraction of sp³-hybridized carbons (Fsp3) is 0.0408. The van der Waals surface area contributed by atoms with Gasteiger partial charge in [-0.05, 0) is 74.0 Å². The van der Waals surface area contributed by atoms with E-state index in [1.807, 2.05) is 92.7 Å². The third kappa shape index (κ3) is 7.08. The number of allylic oxidation sites excluding steroid dienone is 7. The van der Waals surface area contributed by atoms with Gasteiger partial charge in [0.25, 0.3) is 0 Å². The van der Waals surface area contributed by atoms with Crippen LogP contribution >= 0.6 is 22.7 Å². The van der Waals surface area contributed by atoms with Crippen LogP contribution in [0.25, 0.3) is 94.9 Å². The summed E-state index contributed by atoms with van der Waals surface area (Å²) in [5.74, 6) is 1.86. The lowest BCUT2D eigenvalue weighted by molar-refractivity contribution is 1.03. The number of hydrogen-bond donors (Lipinski definition) is 0. The second-order valence-electron chi connectivity index (χ2n) is 13.6. The van der Waals surface area contributed by atoms with E-state index in [0.717, 1.165) is 64.6 Å². The predicted octanol–water partition coefficient (Wildman–Crippen LogP) is 11.5. The van der Waals surface area contributed by atoms with Gasteiger partial charge in [0, 0.05) is 38.7 Å². The molecule has 0 aliphatic rings. The minimum absolute atomic E-state index is 0.607. The molecule has 57 heavy (non-hydrogen) atoms. The maximum atomic E-state index is 4.94. The van der Waals surface area contributed by atoms with Crippen LogP contribution in [0.3, 0.4) is 0 Å². The van der Waals surface area contributed by atoms with Crippen molar-refractivity contribution in [2.45, 2.75) is 13.8 Å². The zero-order valence-electron chi connectivity index (χ0n) is 31.4. The molecule has 0 atom stereocenters. The molecule has 0 saturated heterocycles. The van der Waals surface area contributed by atoms with Crippen molar-refractivity contribution in [3.8, 4) is 33.3 Å². The molecule has 0 bridgehead atoms. The van der Waals surface area contributed by atoms with Gasteiger partial charge in [0.2, 0.25) is 0 Å². The van der Waals surface area contributed by atoms with Crippen molar-refractivity contribution in [1.29, 1.82) is 0 Å². The van der Waals surface area contributed by atoms with Crippen LogP contribution in [0.1, 0.15) is 24.7 Å². The number of rotatable bonds is 9. The summed E-state index contributed by atoms with van der Waals surface area (Å²) in [5.41, 5.74) is 8.89. The Morgan fingerprint density at radius 2 is 1.33 bits per heavy atom. The van der Waals surface area contributed by atoms with Crippen LogP contribution in [-0.2, 0) is 0 Å². The van der Waals surface area contributed by atoms with Crippen LogP contribution in [-0.4, -0.2) is 29.5 Å². The third-order valence-corrected chi connectivity index (χ3v) is 11.9. The van der Waals surface area contributed by atoms with Gasteiger partial charge in [-0.15, -0.1) is 22.7 Å². The minimum atomic E-state index is 0.607. The second kappa shape index (κ2) is 15.3. The molecule has 5 aromatic carbocycles. The van der Waals surface area contributed by atoms with E-state index in [4.69, 9.17) is 24.9 Å². The maximum absolute atomic E-state index is 4.94. The normalized spacial score (nSPS) is 12.8. The summed E-state index contributed by atoms with van der Waals surface area (Å²) < 4.78 is 4.42. The number of hydrogen-bond acceptors (Lipinski definition) is 7. The van der Waals surface area contributed by atoms with Crippen LogP contribution in [0.2, 0.25) is 0 Å². The molecule has 0 saturated carbocycles. The number of para-hydroxylation sites is 2. The van der Waals surface area contributed by atoms with Gasteiger partial charge in [-0.2, -0.15) is 0 Å². The Hall–Kier alpha value is -6.87. The second-order valence-corrected chi connectivity index (χ2v) is 15.6. The average molecular weight is 773 g/mol. The van der Waals surface area contributed by atoms with E-state index < -0.39 is 0 Å². The van der Waals surface area contributed by atoms with Crippen LogP contribution in [0.15, 0.2) is 158 Å². The van der Waals surface area contributed by atoms with Crippen molar-refractivity contribution >= 4 is 84.2 Å². The van der Waals surface area contributed by atoms with Crippen molar-refractivity contribution in [3.63, 3.8) is 0 Å². The molecule has 4 heterocycles. The monoisotopic (exact) mass is 772 g/mol. The van der Waals surface area contributed by atoms with Gasteiger partial charge in [0.1, 0.15) is 10.0 Å². The molecule has 8 heteroatoms. The smallest absolute Gasteiger partial charge is 0.164 e. The summed E-state index contributed by atoms with van der Waals surface area (Å²) in [7, 11) is 0. The first-order valence-corrected chi connectivity index (χ1v) is 20.2. The Bertz CT molecular complexity index is 3090. The number of fused-ring (bicyclic) bond motifs is 4. The first kappa shape index (κ1) is 35.8. The van der Waals surface area contributed by atoms with Crippen LogP contribution in [0.5, 0.6) is 0 Å². The van der Waals surface area contributed by atoms with Crippen molar-refractivity contribution in [2.75, 3.05) is 0 Å². The fourth-order valence-corrected chi connectivity index (χ4v) is 8.68. The molecule has 0 fully saturated rings. The molecule has 0 spiro atoms. The van der Waals surface area contributed by atoms with Gasteiger partial charge in [-0.25, -0.2) is 24.9 Å². The Morgan fingerprint density at radius 3 is 2.05 bits per heavy atom. The van der Waals surface area contributed by atoms with Crippen LogP contribution in [0, 0.1) is 0 Å². The minimum Gasteiger partial charge on any atom is -0.309 e. The Kier molecular flexibility index (Phi) is 9.64. The largest absolute Gasteiger partial charge is 0.309 e. The lowest BCUT2D eigenvalue weighted by Gasteiger charge is -2.10.